The van der Waals surface area contributed by atoms with Gasteiger partial charge >= 0.3 is 0 Å². The molecule has 0 saturated carbocycles. The van der Waals surface area contributed by atoms with E-state index in [1.165, 1.54) is 36.8 Å². The van der Waals surface area contributed by atoms with Gasteiger partial charge in [0.05, 0.1) is 0 Å². The van der Waals surface area contributed by atoms with Crippen LogP contribution in [0.3, 0.4) is 0 Å². The largest absolute Gasteiger partial charge is 0.396 e. The number of aryl methyl sites for hydroxylation is 2. The summed E-state index contributed by atoms with van der Waals surface area (Å²) < 4.78 is 2.34. The van der Waals surface area contributed by atoms with E-state index in [1.54, 1.807) is 0 Å². The number of aromatic nitrogens is 1. The van der Waals surface area contributed by atoms with Gasteiger partial charge in [0.15, 0.2) is 0 Å². The van der Waals surface area contributed by atoms with Gasteiger partial charge in [0.1, 0.15) is 0 Å². The van der Waals surface area contributed by atoms with Crippen molar-refractivity contribution in [2.45, 2.75) is 58.0 Å². The van der Waals surface area contributed by atoms with Crippen LogP contribution in [0.1, 0.15) is 56.2 Å². The van der Waals surface area contributed by atoms with Crippen molar-refractivity contribution < 1.29 is 5.11 Å². The lowest BCUT2D eigenvalue weighted by Gasteiger charge is -2.22. The summed E-state index contributed by atoms with van der Waals surface area (Å²) in [5.41, 5.74) is 3.06. The monoisotopic (exact) mass is 250 g/mol. The minimum Gasteiger partial charge on any atom is -0.396 e. The maximum absolute atomic E-state index is 8.77. The van der Waals surface area contributed by atoms with Crippen LogP contribution in [0.2, 0.25) is 0 Å². The standard InChI is InChI=1S/C15H26N2O/c1-2-16-15-8-6-7-13-11-17(12-14(13)15)9-4-3-5-10-18/h11-12,15-16,18H,2-10H2,1H3. The number of hydrogen-bond donors (Lipinski definition) is 2. The Morgan fingerprint density at radius 3 is 3.00 bits per heavy atom. The molecule has 0 saturated heterocycles. The minimum atomic E-state index is 0.324. The van der Waals surface area contributed by atoms with Crippen molar-refractivity contribution in [3.63, 3.8) is 0 Å². The van der Waals surface area contributed by atoms with Crippen LogP contribution in [0, 0.1) is 0 Å². The first-order valence-electron chi connectivity index (χ1n) is 7.38. The Hall–Kier alpha value is -0.800. The molecule has 0 bridgehead atoms. The number of aliphatic hydroxyl groups is 1. The zero-order valence-corrected chi connectivity index (χ0v) is 11.5. The van der Waals surface area contributed by atoms with Gasteiger partial charge in [-0.3, -0.25) is 0 Å². The maximum Gasteiger partial charge on any atom is 0.0431 e. The van der Waals surface area contributed by atoms with Crippen molar-refractivity contribution in [2.24, 2.45) is 0 Å². The first kappa shape index (κ1) is 13.6. The van der Waals surface area contributed by atoms with Gasteiger partial charge in [-0.25, -0.2) is 0 Å². The van der Waals surface area contributed by atoms with E-state index in [4.69, 9.17) is 5.11 Å². The van der Waals surface area contributed by atoms with Gasteiger partial charge in [-0.05, 0) is 56.2 Å². The van der Waals surface area contributed by atoms with Crippen molar-refractivity contribution in [3.05, 3.63) is 23.5 Å². The molecule has 18 heavy (non-hydrogen) atoms. The van der Waals surface area contributed by atoms with E-state index in [1.807, 2.05) is 0 Å². The van der Waals surface area contributed by atoms with E-state index >= 15 is 0 Å². The van der Waals surface area contributed by atoms with Crippen LogP contribution < -0.4 is 5.32 Å². The third kappa shape index (κ3) is 3.36. The first-order valence-corrected chi connectivity index (χ1v) is 7.38. The Morgan fingerprint density at radius 2 is 2.22 bits per heavy atom. The summed E-state index contributed by atoms with van der Waals surface area (Å²) in [6.07, 6.45) is 11.7. The van der Waals surface area contributed by atoms with Gasteiger partial charge in [0, 0.05) is 31.6 Å². The zero-order valence-electron chi connectivity index (χ0n) is 11.5. The third-order valence-electron chi connectivity index (χ3n) is 3.84. The fraction of sp³-hybridized carbons (Fsp3) is 0.733. The molecule has 0 spiro atoms. The van der Waals surface area contributed by atoms with Gasteiger partial charge in [0.2, 0.25) is 0 Å². The molecule has 0 radical (unpaired) electrons. The van der Waals surface area contributed by atoms with Crippen LogP contribution in [0.15, 0.2) is 12.4 Å². The molecule has 1 aliphatic rings. The topological polar surface area (TPSA) is 37.2 Å². The lowest BCUT2D eigenvalue weighted by Crippen LogP contribution is -2.23. The van der Waals surface area contributed by atoms with Crippen LogP contribution in [0.5, 0.6) is 0 Å². The SMILES string of the molecule is CCNC1CCCc2cn(CCCCCO)cc21. The number of unbranched alkanes of at least 4 members (excludes halogenated alkanes) is 2. The van der Waals surface area contributed by atoms with Gasteiger partial charge in [-0.1, -0.05) is 6.92 Å². The van der Waals surface area contributed by atoms with Crippen molar-refractivity contribution in [1.29, 1.82) is 0 Å². The summed E-state index contributed by atoms with van der Waals surface area (Å²) in [6, 6.07) is 0.567. The summed E-state index contributed by atoms with van der Waals surface area (Å²) in [6.45, 7) is 4.64. The summed E-state index contributed by atoms with van der Waals surface area (Å²) in [5.74, 6) is 0. The highest BCUT2D eigenvalue weighted by Crippen LogP contribution is 2.30. The van der Waals surface area contributed by atoms with Gasteiger partial charge < -0.3 is 15.0 Å². The number of fused-ring (bicyclic) bond motifs is 1. The van der Waals surface area contributed by atoms with E-state index in [-0.39, 0.29) is 0 Å². The quantitative estimate of drug-likeness (QED) is 0.730. The molecule has 102 valence electrons. The van der Waals surface area contributed by atoms with E-state index < -0.39 is 0 Å². The number of aliphatic hydroxyl groups excluding tert-OH is 1. The summed E-state index contributed by atoms with van der Waals surface area (Å²) in [5, 5.41) is 12.4. The molecule has 2 N–H and O–H groups in total. The Bertz CT molecular complexity index is 359. The molecule has 1 aromatic heterocycles. The second-order valence-electron chi connectivity index (χ2n) is 5.26. The van der Waals surface area contributed by atoms with Crippen molar-refractivity contribution >= 4 is 0 Å². The molecule has 0 amide bonds. The Morgan fingerprint density at radius 1 is 1.33 bits per heavy atom. The predicted molar refractivity (Wildman–Crippen MR) is 74.7 cm³/mol. The molecule has 0 fully saturated rings. The van der Waals surface area contributed by atoms with Crippen LogP contribution >= 0.6 is 0 Å². The summed E-state index contributed by atoms with van der Waals surface area (Å²) in [4.78, 5) is 0. The molecule has 0 aromatic carbocycles. The predicted octanol–water partition coefficient (Wildman–Crippen LogP) is 2.64. The Balaban J connectivity index is 1.94. The Labute approximate surface area is 110 Å². The van der Waals surface area contributed by atoms with Crippen LogP contribution in [-0.2, 0) is 13.0 Å². The normalized spacial score (nSPS) is 18.9. The van der Waals surface area contributed by atoms with E-state index in [9.17, 15) is 0 Å². The second kappa shape index (κ2) is 6.95. The highest BCUT2D eigenvalue weighted by molar-refractivity contribution is 5.30. The van der Waals surface area contributed by atoms with Gasteiger partial charge in [0.25, 0.3) is 0 Å². The number of nitrogens with zero attached hydrogens (tertiary/aromatic N) is 1. The average molecular weight is 250 g/mol. The molecule has 3 nitrogen and oxygen atoms in total. The van der Waals surface area contributed by atoms with Gasteiger partial charge in [-0.15, -0.1) is 0 Å². The molecule has 3 heteroatoms. The fourth-order valence-electron chi connectivity index (χ4n) is 2.92. The number of nitrogens with one attached hydrogen (secondary N) is 1. The highest BCUT2D eigenvalue weighted by Gasteiger charge is 2.20. The molecule has 0 aliphatic heterocycles. The molecule has 1 unspecified atom stereocenters. The van der Waals surface area contributed by atoms with Crippen molar-refractivity contribution in [2.75, 3.05) is 13.2 Å². The van der Waals surface area contributed by atoms with Crippen molar-refractivity contribution in [3.8, 4) is 0 Å². The molecule has 1 aliphatic carbocycles. The lowest BCUT2D eigenvalue weighted by molar-refractivity contribution is 0.282. The third-order valence-corrected chi connectivity index (χ3v) is 3.84. The van der Waals surface area contributed by atoms with Gasteiger partial charge in [-0.2, -0.15) is 0 Å². The van der Waals surface area contributed by atoms with Crippen LogP contribution in [-0.4, -0.2) is 22.8 Å². The molecular weight excluding hydrogens is 224 g/mol. The summed E-state index contributed by atoms with van der Waals surface area (Å²) in [7, 11) is 0. The smallest absolute Gasteiger partial charge is 0.0431 e. The second-order valence-corrected chi connectivity index (χ2v) is 5.26. The van der Waals surface area contributed by atoms with Crippen LogP contribution in [0.25, 0.3) is 0 Å². The molecule has 1 atom stereocenters. The lowest BCUT2D eigenvalue weighted by atomic mass is 9.91. The Kier molecular flexibility index (Phi) is 5.26. The maximum atomic E-state index is 8.77. The molecule has 1 heterocycles. The minimum absolute atomic E-state index is 0.324. The van der Waals surface area contributed by atoms with Crippen molar-refractivity contribution in [1.82, 2.24) is 9.88 Å². The molecular formula is C15H26N2O. The summed E-state index contributed by atoms with van der Waals surface area (Å²) >= 11 is 0. The average Bonchev–Trinajstić information content (AvgIpc) is 2.79. The first-order chi connectivity index (χ1) is 8.85. The zero-order chi connectivity index (χ0) is 12.8. The van der Waals surface area contributed by atoms with E-state index in [2.05, 4.69) is 29.2 Å². The number of rotatable bonds is 7. The molecule has 1 aromatic rings. The van der Waals surface area contributed by atoms with E-state index in [0.29, 0.717) is 12.6 Å². The fourth-order valence-corrected chi connectivity index (χ4v) is 2.92. The number of hydrogen-bond acceptors (Lipinski definition) is 2. The molecule has 2 rings (SSSR count). The highest BCUT2D eigenvalue weighted by atomic mass is 16.2. The van der Waals surface area contributed by atoms with E-state index in [0.717, 1.165) is 25.9 Å². The van der Waals surface area contributed by atoms with Crippen LogP contribution in [0.4, 0.5) is 0 Å².